The number of hydrogen-bond acceptors (Lipinski definition) is 3. The Morgan fingerprint density at radius 2 is 2.18 bits per heavy atom. The minimum absolute atomic E-state index is 0.349. The van der Waals surface area contributed by atoms with Crippen LogP contribution in [0, 0.1) is 6.92 Å². The lowest BCUT2D eigenvalue weighted by Gasteiger charge is -2.09. The number of carbonyl (C=O) groups excluding carboxylic acids is 1. The molecule has 0 bridgehead atoms. The number of anilines is 2. The van der Waals surface area contributed by atoms with Gasteiger partial charge < -0.3 is 9.84 Å². The largest absolute Gasteiger partial charge is 0.363 e. The molecule has 2 amide bonds. The van der Waals surface area contributed by atoms with E-state index in [2.05, 4.69) is 20.3 Å². The summed E-state index contributed by atoms with van der Waals surface area (Å²) in [6.45, 7) is 1.83. The number of rotatable bonds is 2. The number of hydrogen-bond donors (Lipinski definition) is 2. The Hall–Kier alpha value is -2.01. The number of nitrogens with zero attached hydrogens (tertiary/aromatic N) is 1. The molecule has 2 aromatic rings. The first-order valence-corrected chi connectivity index (χ1v) is 5.28. The summed E-state index contributed by atoms with van der Waals surface area (Å²) in [5.41, 5.74) is 1.46. The van der Waals surface area contributed by atoms with Crippen molar-refractivity contribution in [1.82, 2.24) is 5.16 Å². The Morgan fingerprint density at radius 3 is 2.88 bits per heavy atom. The molecule has 88 valence electrons. The minimum atomic E-state index is -0.399. The SMILES string of the molecule is Cc1c(Cl)cccc1NC(=O)Nc1ccon1. The molecule has 0 saturated carbocycles. The molecule has 0 aliphatic rings. The van der Waals surface area contributed by atoms with Crippen LogP contribution in [-0.4, -0.2) is 11.2 Å². The van der Waals surface area contributed by atoms with Crippen molar-refractivity contribution in [2.75, 3.05) is 10.6 Å². The third-order valence-corrected chi connectivity index (χ3v) is 2.60. The van der Waals surface area contributed by atoms with Crippen LogP contribution in [0.3, 0.4) is 0 Å². The average molecular weight is 252 g/mol. The lowest BCUT2D eigenvalue weighted by Crippen LogP contribution is -2.20. The zero-order chi connectivity index (χ0) is 12.3. The lowest BCUT2D eigenvalue weighted by atomic mass is 10.2. The summed E-state index contributed by atoms with van der Waals surface area (Å²) in [4.78, 5) is 11.6. The van der Waals surface area contributed by atoms with E-state index >= 15 is 0 Å². The van der Waals surface area contributed by atoms with Gasteiger partial charge in [0, 0.05) is 16.8 Å². The van der Waals surface area contributed by atoms with Crippen LogP contribution in [0.25, 0.3) is 0 Å². The van der Waals surface area contributed by atoms with E-state index in [4.69, 9.17) is 11.6 Å². The van der Waals surface area contributed by atoms with Crippen LogP contribution in [0.15, 0.2) is 35.1 Å². The quantitative estimate of drug-likeness (QED) is 0.861. The molecule has 0 radical (unpaired) electrons. The molecule has 0 atom stereocenters. The Kier molecular flexibility index (Phi) is 3.30. The van der Waals surface area contributed by atoms with Crippen LogP contribution in [0.1, 0.15) is 5.56 Å². The van der Waals surface area contributed by atoms with Crippen molar-refractivity contribution in [3.8, 4) is 0 Å². The third-order valence-electron chi connectivity index (χ3n) is 2.20. The highest BCUT2D eigenvalue weighted by molar-refractivity contribution is 6.31. The van der Waals surface area contributed by atoms with E-state index in [1.165, 1.54) is 6.26 Å². The maximum atomic E-state index is 11.6. The second-order valence-electron chi connectivity index (χ2n) is 3.38. The monoisotopic (exact) mass is 251 g/mol. The van der Waals surface area contributed by atoms with Crippen molar-refractivity contribution in [3.63, 3.8) is 0 Å². The highest BCUT2D eigenvalue weighted by Gasteiger charge is 2.07. The van der Waals surface area contributed by atoms with Crippen molar-refractivity contribution in [2.45, 2.75) is 6.92 Å². The first-order chi connectivity index (χ1) is 8.16. The van der Waals surface area contributed by atoms with Crippen molar-refractivity contribution in [1.29, 1.82) is 0 Å². The van der Waals surface area contributed by atoms with Crippen molar-refractivity contribution < 1.29 is 9.32 Å². The lowest BCUT2D eigenvalue weighted by molar-refractivity contribution is 0.262. The molecule has 6 heteroatoms. The zero-order valence-corrected chi connectivity index (χ0v) is 9.78. The number of nitrogens with one attached hydrogen (secondary N) is 2. The molecule has 0 aliphatic heterocycles. The summed E-state index contributed by atoms with van der Waals surface area (Å²) in [7, 11) is 0. The number of carbonyl (C=O) groups is 1. The molecule has 0 aliphatic carbocycles. The van der Waals surface area contributed by atoms with Gasteiger partial charge in [0.25, 0.3) is 0 Å². The second kappa shape index (κ2) is 4.88. The van der Waals surface area contributed by atoms with Crippen molar-refractivity contribution in [2.24, 2.45) is 0 Å². The summed E-state index contributed by atoms with van der Waals surface area (Å²) in [6.07, 6.45) is 1.38. The molecule has 17 heavy (non-hydrogen) atoms. The van der Waals surface area contributed by atoms with Gasteiger partial charge in [-0.15, -0.1) is 0 Å². The number of amides is 2. The number of halogens is 1. The molecule has 1 aromatic heterocycles. The number of urea groups is 1. The summed E-state index contributed by atoms with van der Waals surface area (Å²) in [6, 6.07) is 6.44. The van der Waals surface area contributed by atoms with Gasteiger partial charge in [-0.2, -0.15) is 0 Å². The molecule has 1 aromatic carbocycles. The average Bonchev–Trinajstić information content (AvgIpc) is 2.77. The maximum Gasteiger partial charge on any atom is 0.324 e. The third kappa shape index (κ3) is 2.76. The van der Waals surface area contributed by atoms with Gasteiger partial charge in [-0.25, -0.2) is 4.79 Å². The van der Waals surface area contributed by atoms with E-state index in [1.54, 1.807) is 24.3 Å². The Labute approximate surface area is 103 Å². The molecular formula is C11H10ClN3O2. The maximum absolute atomic E-state index is 11.6. The smallest absolute Gasteiger partial charge is 0.324 e. The van der Waals surface area contributed by atoms with Crippen molar-refractivity contribution >= 4 is 29.1 Å². The van der Waals surface area contributed by atoms with Gasteiger partial charge >= 0.3 is 6.03 Å². The molecule has 5 nitrogen and oxygen atoms in total. The summed E-state index contributed by atoms with van der Waals surface area (Å²) < 4.78 is 4.59. The predicted molar refractivity (Wildman–Crippen MR) is 65.3 cm³/mol. The van der Waals surface area contributed by atoms with E-state index in [0.29, 0.717) is 16.5 Å². The molecular weight excluding hydrogens is 242 g/mol. The van der Waals surface area contributed by atoms with Crippen LogP contribution < -0.4 is 10.6 Å². The topological polar surface area (TPSA) is 67.2 Å². The molecule has 2 N–H and O–H groups in total. The first kappa shape index (κ1) is 11.5. The van der Waals surface area contributed by atoms with E-state index in [-0.39, 0.29) is 0 Å². The Bertz CT molecular complexity index is 526. The van der Waals surface area contributed by atoms with Crippen LogP contribution in [0.5, 0.6) is 0 Å². The van der Waals surface area contributed by atoms with Gasteiger partial charge in [0.15, 0.2) is 5.82 Å². The fraction of sp³-hybridized carbons (Fsp3) is 0.0909. The van der Waals surface area contributed by atoms with E-state index in [0.717, 1.165) is 5.56 Å². The molecule has 0 spiro atoms. The van der Waals surface area contributed by atoms with Crippen LogP contribution in [-0.2, 0) is 0 Å². The Morgan fingerprint density at radius 1 is 1.35 bits per heavy atom. The zero-order valence-electron chi connectivity index (χ0n) is 9.03. The minimum Gasteiger partial charge on any atom is -0.363 e. The predicted octanol–water partition coefficient (Wildman–Crippen LogP) is 3.28. The highest BCUT2D eigenvalue weighted by Crippen LogP contribution is 2.22. The summed E-state index contributed by atoms with van der Waals surface area (Å²) in [5, 5.41) is 9.36. The second-order valence-corrected chi connectivity index (χ2v) is 3.78. The Balaban J connectivity index is 2.06. The normalized spacial score (nSPS) is 10.0. The highest BCUT2D eigenvalue weighted by atomic mass is 35.5. The van der Waals surface area contributed by atoms with E-state index < -0.39 is 6.03 Å². The van der Waals surface area contributed by atoms with Crippen molar-refractivity contribution in [3.05, 3.63) is 41.1 Å². The number of aromatic nitrogens is 1. The van der Waals surface area contributed by atoms with Gasteiger partial charge in [-0.1, -0.05) is 22.8 Å². The van der Waals surface area contributed by atoms with Crippen LogP contribution in [0.4, 0.5) is 16.3 Å². The first-order valence-electron chi connectivity index (χ1n) is 4.90. The van der Waals surface area contributed by atoms with Gasteiger partial charge in [0.05, 0.1) is 0 Å². The standard InChI is InChI=1S/C11H10ClN3O2/c1-7-8(12)3-2-4-9(7)13-11(16)14-10-5-6-17-15-10/h2-6H,1H3,(H2,13,14,15,16). The fourth-order valence-corrected chi connectivity index (χ4v) is 1.46. The van der Waals surface area contributed by atoms with Crippen LogP contribution in [0.2, 0.25) is 5.02 Å². The number of benzene rings is 1. The van der Waals surface area contributed by atoms with Gasteiger partial charge in [-0.3, -0.25) is 5.32 Å². The molecule has 2 rings (SSSR count). The summed E-state index contributed by atoms with van der Waals surface area (Å²) in [5.74, 6) is 0.349. The fourth-order valence-electron chi connectivity index (χ4n) is 1.29. The van der Waals surface area contributed by atoms with Gasteiger partial charge in [-0.05, 0) is 24.6 Å². The molecule has 0 saturated heterocycles. The van der Waals surface area contributed by atoms with Gasteiger partial charge in [0.2, 0.25) is 0 Å². The van der Waals surface area contributed by atoms with E-state index in [9.17, 15) is 4.79 Å². The van der Waals surface area contributed by atoms with E-state index in [1.807, 2.05) is 6.92 Å². The molecule has 1 heterocycles. The molecule has 0 fully saturated rings. The summed E-state index contributed by atoms with van der Waals surface area (Å²) >= 11 is 5.94. The van der Waals surface area contributed by atoms with Crippen LogP contribution >= 0.6 is 11.6 Å². The van der Waals surface area contributed by atoms with Gasteiger partial charge in [0.1, 0.15) is 6.26 Å². The molecule has 0 unspecified atom stereocenters.